The second kappa shape index (κ2) is 5.64. The number of rotatable bonds is 5. The van der Waals surface area contributed by atoms with Crippen molar-refractivity contribution in [2.24, 2.45) is 0 Å². The molecule has 0 aromatic carbocycles. The number of hydrogen-bond donors (Lipinski definition) is 1. The van der Waals surface area contributed by atoms with Crippen LogP contribution in [0.1, 0.15) is 34.1 Å². The lowest BCUT2D eigenvalue weighted by Crippen LogP contribution is -2.44. The third-order valence-electron chi connectivity index (χ3n) is 3.36. The monoisotopic (exact) mass is 228 g/mol. The van der Waals surface area contributed by atoms with Gasteiger partial charge in [0.1, 0.15) is 0 Å². The van der Waals surface area contributed by atoms with Crippen LogP contribution < -0.4 is 5.32 Å². The highest BCUT2D eigenvalue weighted by Gasteiger charge is 2.32. The molecule has 4 heteroatoms. The first-order valence-corrected chi connectivity index (χ1v) is 6.04. The number of nitrogens with one attached hydrogen (secondary N) is 1. The summed E-state index contributed by atoms with van der Waals surface area (Å²) < 4.78 is 5.26. The van der Waals surface area contributed by atoms with Gasteiger partial charge in [0.05, 0.1) is 6.10 Å². The van der Waals surface area contributed by atoms with Crippen LogP contribution in [0.2, 0.25) is 0 Å². The minimum atomic E-state index is 0.170. The van der Waals surface area contributed by atoms with Gasteiger partial charge >= 0.3 is 0 Å². The molecule has 1 amide bonds. The van der Waals surface area contributed by atoms with Gasteiger partial charge in [0.25, 0.3) is 0 Å². The van der Waals surface area contributed by atoms with E-state index in [1.807, 2.05) is 11.8 Å². The molecule has 1 aliphatic heterocycles. The van der Waals surface area contributed by atoms with E-state index < -0.39 is 0 Å². The van der Waals surface area contributed by atoms with E-state index in [-0.39, 0.29) is 24.1 Å². The summed E-state index contributed by atoms with van der Waals surface area (Å²) in [7, 11) is 1.71. The van der Waals surface area contributed by atoms with E-state index in [0.717, 1.165) is 6.54 Å². The molecular weight excluding hydrogens is 204 g/mol. The topological polar surface area (TPSA) is 41.6 Å². The Morgan fingerprint density at radius 3 is 2.44 bits per heavy atom. The van der Waals surface area contributed by atoms with Gasteiger partial charge in [0, 0.05) is 38.2 Å². The molecule has 0 aromatic heterocycles. The molecule has 0 radical (unpaired) electrons. The van der Waals surface area contributed by atoms with Crippen LogP contribution in [0.5, 0.6) is 0 Å². The van der Waals surface area contributed by atoms with Gasteiger partial charge in [-0.2, -0.15) is 0 Å². The number of hydrogen-bond acceptors (Lipinski definition) is 3. The summed E-state index contributed by atoms with van der Waals surface area (Å²) in [5.41, 5.74) is 0. The first kappa shape index (κ1) is 13.5. The van der Waals surface area contributed by atoms with Crippen molar-refractivity contribution < 1.29 is 9.53 Å². The lowest BCUT2D eigenvalue weighted by molar-refractivity contribution is -0.129. The van der Waals surface area contributed by atoms with Crippen LogP contribution >= 0.6 is 0 Å². The van der Waals surface area contributed by atoms with Gasteiger partial charge in [0.15, 0.2) is 0 Å². The fourth-order valence-electron chi connectivity index (χ4n) is 2.05. The van der Waals surface area contributed by atoms with E-state index in [2.05, 4.69) is 26.1 Å². The molecule has 0 saturated carbocycles. The highest BCUT2D eigenvalue weighted by Crippen LogP contribution is 2.15. The van der Waals surface area contributed by atoms with Gasteiger partial charge in [-0.3, -0.25) is 4.79 Å². The van der Waals surface area contributed by atoms with E-state index in [1.54, 1.807) is 7.11 Å². The van der Waals surface area contributed by atoms with Crippen LogP contribution in [0.15, 0.2) is 0 Å². The summed E-state index contributed by atoms with van der Waals surface area (Å²) in [6.45, 7) is 9.06. The van der Waals surface area contributed by atoms with Crippen LogP contribution in [-0.4, -0.2) is 48.7 Å². The average molecular weight is 228 g/mol. The molecule has 94 valence electrons. The summed E-state index contributed by atoms with van der Waals surface area (Å²) in [5.74, 6) is 0.254. The van der Waals surface area contributed by atoms with Gasteiger partial charge < -0.3 is 15.0 Å². The second-order valence-electron chi connectivity index (χ2n) is 4.94. The predicted octanol–water partition coefficient (Wildman–Crippen LogP) is 1.01. The number of carbonyl (C=O) groups excluding carboxylic acids is 1. The molecule has 1 fully saturated rings. The molecule has 0 aromatic rings. The Bertz CT molecular complexity index is 243. The molecule has 0 aliphatic carbocycles. The van der Waals surface area contributed by atoms with Gasteiger partial charge in [-0.15, -0.1) is 0 Å². The fraction of sp³-hybridized carbons (Fsp3) is 0.917. The summed E-state index contributed by atoms with van der Waals surface area (Å²) in [6.07, 6.45) is 0.780. The summed E-state index contributed by atoms with van der Waals surface area (Å²) in [5, 5.41) is 3.46. The number of carbonyl (C=O) groups is 1. The molecule has 0 spiro atoms. The maximum Gasteiger partial charge on any atom is 0.224 e. The predicted molar refractivity (Wildman–Crippen MR) is 64.3 cm³/mol. The maximum absolute atomic E-state index is 11.7. The molecule has 4 nitrogen and oxygen atoms in total. The maximum atomic E-state index is 11.7. The minimum absolute atomic E-state index is 0.170. The Hall–Kier alpha value is -0.610. The lowest BCUT2D eigenvalue weighted by Gasteiger charge is -2.25. The van der Waals surface area contributed by atoms with Gasteiger partial charge in [-0.1, -0.05) is 0 Å². The van der Waals surface area contributed by atoms with Crippen LogP contribution in [0, 0.1) is 0 Å². The van der Waals surface area contributed by atoms with E-state index in [4.69, 9.17) is 4.74 Å². The Labute approximate surface area is 98.3 Å². The van der Waals surface area contributed by atoms with Gasteiger partial charge in [-0.25, -0.2) is 0 Å². The Morgan fingerprint density at radius 1 is 1.38 bits per heavy atom. The van der Waals surface area contributed by atoms with Gasteiger partial charge in [0.2, 0.25) is 5.91 Å². The zero-order chi connectivity index (χ0) is 12.3. The fourth-order valence-corrected chi connectivity index (χ4v) is 2.05. The van der Waals surface area contributed by atoms with Crippen molar-refractivity contribution in [2.75, 3.05) is 13.7 Å². The Kier molecular flexibility index (Phi) is 4.74. The molecule has 3 unspecified atom stereocenters. The molecule has 1 aliphatic rings. The second-order valence-corrected chi connectivity index (χ2v) is 4.94. The summed E-state index contributed by atoms with van der Waals surface area (Å²) >= 11 is 0. The lowest BCUT2D eigenvalue weighted by atomic mass is 10.1. The Balaban J connectivity index is 2.44. The number of likely N-dealkylation sites (tertiary alicyclic amines) is 1. The van der Waals surface area contributed by atoms with E-state index in [1.165, 1.54) is 0 Å². The highest BCUT2D eigenvalue weighted by atomic mass is 16.5. The highest BCUT2D eigenvalue weighted by molar-refractivity contribution is 5.79. The van der Waals surface area contributed by atoms with Crippen molar-refractivity contribution in [3.63, 3.8) is 0 Å². The number of ether oxygens (including phenoxy) is 1. The first-order valence-electron chi connectivity index (χ1n) is 6.04. The molecular formula is C12H24N2O2. The third kappa shape index (κ3) is 3.19. The zero-order valence-corrected chi connectivity index (χ0v) is 11.0. The number of amides is 1. The van der Waals surface area contributed by atoms with E-state index >= 15 is 0 Å². The quantitative estimate of drug-likeness (QED) is 0.763. The van der Waals surface area contributed by atoms with Crippen molar-refractivity contribution in [2.45, 2.75) is 58.3 Å². The van der Waals surface area contributed by atoms with E-state index in [9.17, 15) is 4.79 Å². The van der Waals surface area contributed by atoms with Gasteiger partial charge in [-0.05, 0) is 27.7 Å². The smallest absolute Gasteiger partial charge is 0.224 e. The third-order valence-corrected chi connectivity index (χ3v) is 3.36. The van der Waals surface area contributed by atoms with Crippen LogP contribution in [0.25, 0.3) is 0 Å². The zero-order valence-electron chi connectivity index (χ0n) is 11.0. The van der Waals surface area contributed by atoms with Crippen LogP contribution in [-0.2, 0) is 9.53 Å². The molecule has 1 saturated heterocycles. The molecule has 0 bridgehead atoms. The average Bonchev–Trinajstić information content (AvgIpc) is 2.58. The molecule has 1 heterocycles. The molecule has 1 N–H and O–H groups in total. The number of methoxy groups -OCH3 is 1. The van der Waals surface area contributed by atoms with Crippen molar-refractivity contribution in [1.29, 1.82) is 0 Å². The normalized spacial score (nSPS) is 25.2. The van der Waals surface area contributed by atoms with Crippen molar-refractivity contribution in [3.05, 3.63) is 0 Å². The van der Waals surface area contributed by atoms with Crippen molar-refractivity contribution in [1.82, 2.24) is 10.2 Å². The number of nitrogens with zero attached hydrogens (tertiary/aromatic N) is 1. The minimum Gasteiger partial charge on any atom is -0.380 e. The Morgan fingerprint density at radius 2 is 2.00 bits per heavy atom. The summed E-state index contributed by atoms with van der Waals surface area (Å²) in [4.78, 5) is 13.6. The standard InChI is InChI=1S/C12H24N2O2/c1-8(2)14-7-11(6-12(14)15)13-9(3)10(4)16-5/h8-11,13H,6-7H2,1-5H3. The van der Waals surface area contributed by atoms with E-state index in [0.29, 0.717) is 12.5 Å². The molecule has 16 heavy (non-hydrogen) atoms. The summed E-state index contributed by atoms with van der Waals surface area (Å²) in [6, 6.07) is 0.840. The SMILES string of the molecule is COC(C)C(C)NC1CC(=O)N(C(C)C)C1. The molecule has 1 rings (SSSR count). The first-order chi connectivity index (χ1) is 7.45. The van der Waals surface area contributed by atoms with Crippen LogP contribution in [0.4, 0.5) is 0 Å². The van der Waals surface area contributed by atoms with Crippen molar-refractivity contribution in [3.8, 4) is 0 Å². The molecule has 3 atom stereocenters. The van der Waals surface area contributed by atoms with Crippen molar-refractivity contribution >= 4 is 5.91 Å². The largest absolute Gasteiger partial charge is 0.380 e. The van der Waals surface area contributed by atoms with Crippen LogP contribution in [0.3, 0.4) is 0 Å².